The number of fused-ring (bicyclic) bond motifs is 1. The summed E-state index contributed by atoms with van der Waals surface area (Å²) in [4.78, 5) is 25.5. The van der Waals surface area contributed by atoms with Crippen LogP contribution in [0.15, 0.2) is 11.4 Å². The molecule has 0 N–H and O–H groups in total. The highest BCUT2D eigenvalue weighted by molar-refractivity contribution is 8.00. The monoisotopic (exact) mass is 321 g/mol. The first-order chi connectivity index (χ1) is 10.1. The van der Waals surface area contributed by atoms with Crippen molar-refractivity contribution >= 4 is 39.2 Å². The van der Waals surface area contributed by atoms with Crippen molar-refractivity contribution in [3.8, 4) is 0 Å². The average molecular weight is 321 g/mol. The summed E-state index contributed by atoms with van der Waals surface area (Å²) in [6.45, 7) is 8.00. The summed E-state index contributed by atoms with van der Waals surface area (Å²) < 4.78 is 0. The van der Waals surface area contributed by atoms with Gasteiger partial charge in [-0.15, -0.1) is 11.3 Å². The van der Waals surface area contributed by atoms with Crippen molar-refractivity contribution in [2.24, 2.45) is 0 Å². The number of aromatic nitrogens is 2. The highest BCUT2D eigenvalue weighted by atomic mass is 32.2. The smallest absolute Gasteiger partial charge is 0.235 e. The lowest BCUT2D eigenvalue weighted by atomic mass is 10.2. The van der Waals surface area contributed by atoms with E-state index in [1.54, 1.807) is 29.4 Å². The van der Waals surface area contributed by atoms with Crippen LogP contribution in [0.3, 0.4) is 0 Å². The van der Waals surface area contributed by atoms with E-state index in [0.717, 1.165) is 41.2 Å². The average Bonchev–Trinajstić information content (AvgIpc) is 3.08. The Morgan fingerprint density at radius 1 is 1.33 bits per heavy atom. The quantitative estimate of drug-likeness (QED) is 0.642. The largest absolute Gasteiger partial charge is 0.342 e. The Morgan fingerprint density at radius 2 is 2.05 bits per heavy atom. The fraction of sp³-hybridized carbons (Fsp3) is 0.533. The van der Waals surface area contributed by atoms with Gasteiger partial charge >= 0.3 is 0 Å². The maximum Gasteiger partial charge on any atom is 0.235 e. The molecule has 0 bridgehead atoms. The minimum atomic E-state index is -0.0965. The number of carbonyl (C=O) groups excluding carboxylic acids is 1. The van der Waals surface area contributed by atoms with Crippen LogP contribution in [0.1, 0.15) is 30.2 Å². The number of amides is 1. The van der Waals surface area contributed by atoms with Crippen LogP contribution in [0.2, 0.25) is 0 Å². The minimum absolute atomic E-state index is 0.0965. The molecule has 0 spiro atoms. The molecule has 0 aliphatic carbocycles. The fourth-order valence-electron chi connectivity index (χ4n) is 2.65. The van der Waals surface area contributed by atoms with E-state index in [2.05, 4.69) is 23.8 Å². The molecular weight excluding hydrogens is 302 g/mol. The Kier molecular flexibility index (Phi) is 4.17. The third-order valence-corrected chi connectivity index (χ3v) is 6.19. The highest BCUT2D eigenvalue weighted by Crippen LogP contribution is 2.36. The number of thiophene rings is 1. The van der Waals surface area contributed by atoms with Gasteiger partial charge in [-0.05, 0) is 39.2 Å². The predicted molar refractivity (Wildman–Crippen MR) is 88.0 cm³/mol. The van der Waals surface area contributed by atoms with Gasteiger partial charge in [0.15, 0.2) is 0 Å². The van der Waals surface area contributed by atoms with Crippen LogP contribution in [0.4, 0.5) is 0 Å². The SMILES string of the molecule is Cc1sc2ncnc(S[C@@H](C)C(=O)N3CCCC3)c2c1C. The summed E-state index contributed by atoms with van der Waals surface area (Å²) in [6, 6.07) is 0. The van der Waals surface area contributed by atoms with Crippen LogP contribution in [0.5, 0.6) is 0 Å². The van der Waals surface area contributed by atoms with E-state index in [-0.39, 0.29) is 11.2 Å². The number of aryl methyl sites for hydroxylation is 2. The number of likely N-dealkylation sites (tertiary alicyclic amines) is 1. The number of thioether (sulfide) groups is 1. The zero-order chi connectivity index (χ0) is 15.0. The maximum absolute atomic E-state index is 12.4. The van der Waals surface area contributed by atoms with Gasteiger partial charge in [-0.1, -0.05) is 11.8 Å². The summed E-state index contributed by atoms with van der Waals surface area (Å²) in [5.41, 5.74) is 1.24. The molecule has 3 heterocycles. The van der Waals surface area contributed by atoms with Crippen molar-refractivity contribution in [3.63, 3.8) is 0 Å². The lowest BCUT2D eigenvalue weighted by Crippen LogP contribution is -2.34. The number of rotatable bonds is 3. The lowest BCUT2D eigenvalue weighted by Gasteiger charge is -2.19. The zero-order valence-corrected chi connectivity index (χ0v) is 14.2. The summed E-state index contributed by atoms with van der Waals surface area (Å²) >= 11 is 3.25. The lowest BCUT2D eigenvalue weighted by molar-refractivity contribution is -0.129. The molecule has 0 radical (unpaired) electrons. The Balaban J connectivity index is 1.85. The van der Waals surface area contributed by atoms with E-state index < -0.39 is 0 Å². The molecule has 0 unspecified atom stereocenters. The normalized spacial score (nSPS) is 16.6. The number of hydrogen-bond donors (Lipinski definition) is 0. The second-order valence-electron chi connectivity index (χ2n) is 5.43. The fourth-order valence-corrected chi connectivity index (χ4v) is 4.77. The number of carbonyl (C=O) groups is 1. The Morgan fingerprint density at radius 3 is 2.76 bits per heavy atom. The summed E-state index contributed by atoms with van der Waals surface area (Å²) in [7, 11) is 0. The van der Waals surface area contributed by atoms with Crippen molar-refractivity contribution in [1.82, 2.24) is 14.9 Å². The molecule has 6 heteroatoms. The standard InChI is InChI=1S/C15H19N3OS2/c1-9-10(2)20-13-12(9)14(17-8-16-13)21-11(3)15(19)18-6-4-5-7-18/h8,11H,4-7H2,1-3H3/t11-/m0/s1. The van der Waals surface area contributed by atoms with Crippen LogP contribution < -0.4 is 0 Å². The van der Waals surface area contributed by atoms with Gasteiger partial charge in [-0.3, -0.25) is 4.79 Å². The van der Waals surface area contributed by atoms with Gasteiger partial charge in [0.05, 0.1) is 5.25 Å². The molecule has 1 atom stereocenters. The van der Waals surface area contributed by atoms with Crippen LogP contribution in [-0.2, 0) is 4.79 Å². The van der Waals surface area contributed by atoms with Crippen LogP contribution in [0.25, 0.3) is 10.2 Å². The first-order valence-corrected chi connectivity index (χ1v) is 8.93. The van der Waals surface area contributed by atoms with Gasteiger partial charge in [0.1, 0.15) is 16.2 Å². The van der Waals surface area contributed by atoms with Gasteiger partial charge in [-0.2, -0.15) is 0 Å². The molecule has 21 heavy (non-hydrogen) atoms. The van der Waals surface area contributed by atoms with E-state index in [1.807, 2.05) is 11.8 Å². The van der Waals surface area contributed by atoms with E-state index in [1.165, 1.54) is 10.4 Å². The van der Waals surface area contributed by atoms with Crippen LogP contribution in [0, 0.1) is 13.8 Å². The van der Waals surface area contributed by atoms with Crippen molar-refractivity contribution in [3.05, 3.63) is 16.8 Å². The molecule has 3 rings (SSSR count). The molecule has 2 aromatic rings. The predicted octanol–water partition coefficient (Wildman–Crippen LogP) is 3.41. The highest BCUT2D eigenvalue weighted by Gasteiger charge is 2.25. The van der Waals surface area contributed by atoms with E-state index >= 15 is 0 Å². The molecular formula is C15H19N3OS2. The van der Waals surface area contributed by atoms with Gasteiger partial charge in [-0.25, -0.2) is 9.97 Å². The van der Waals surface area contributed by atoms with Crippen molar-refractivity contribution in [2.75, 3.05) is 13.1 Å². The second-order valence-corrected chi connectivity index (χ2v) is 7.97. The molecule has 4 nitrogen and oxygen atoms in total. The molecule has 1 aliphatic rings. The molecule has 0 aromatic carbocycles. The first-order valence-electron chi connectivity index (χ1n) is 7.24. The van der Waals surface area contributed by atoms with E-state index in [0.29, 0.717) is 0 Å². The molecule has 1 amide bonds. The topological polar surface area (TPSA) is 46.1 Å². The number of hydrogen-bond acceptors (Lipinski definition) is 5. The van der Waals surface area contributed by atoms with Gasteiger partial charge in [0.2, 0.25) is 5.91 Å². The van der Waals surface area contributed by atoms with Crippen LogP contribution >= 0.6 is 23.1 Å². The molecule has 112 valence electrons. The van der Waals surface area contributed by atoms with E-state index in [4.69, 9.17) is 0 Å². The Hall–Kier alpha value is -1.14. The summed E-state index contributed by atoms with van der Waals surface area (Å²) in [6.07, 6.45) is 3.86. The van der Waals surface area contributed by atoms with Crippen molar-refractivity contribution < 1.29 is 4.79 Å². The zero-order valence-electron chi connectivity index (χ0n) is 12.5. The Labute approximate surface area is 133 Å². The Bertz CT molecular complexity index is 677. The maximum atomic E-state index is 12.4. The van der Waals surface area contributed by atoms with Gasteiger partial charge < -0.3 is 4.90 Å². The molecule has 1 saturated heterocycles. The molecule has 0 saturated carbocycles. The third-order valence-electron chi connectivity index (χ3n) is 3.98. The van der Waals surface area contributed by atoms with Crippen LogP contribution in [-0.4, -0.2) is 39.1 Å². The molecule has 1 fully saturated rings. The van der Waals surface area contributed by atoms with E-state index in [9.17, 15) is 4.79 Å². The van der Waals surface area contributed by atoms with Crippen molar-refractivity contribution in [2.45, 2.75) is 43.9 Å². The van der Waals surface area contributed by atoms with Gasteiger partial charge in [0.25, 0.3) is 0 Å². The summed E-state index contributed by atoms with van der Waals surface area (Å²) in [5.74, 6) is 0.230. The molecule has 1 aliphatic heterocycles. The summed E-state index contributed by atoms with van der Waals surface area (Å²) in [5, 5.41) is 1.95. The number of nitrogens with zero attached hydrogens (tertiary/aromatic N) is 3. The first kappa shape index (κ1) is 14.8. The van der Waals surface area contributed by atoms with Crippen molar-refractivity contribution in [1.29, 1.82) is 0 Å². The second kappa shape index (κ2) is 5.93. The third kappa shape index (κ3) is 2.79. The molecule has 2 aromatic heterocycles. The van der Waals surface area contributed by atoms with Gasteiger partial charge in [0, 0.05) is 23.4 Å². The minimum Gasteiger partial charge on any atom is -0.342 e.